The minimum Gasteiger partial charge on any atom is -0.535 e. The minimum absolute atomic E-state index is 0.0105. The Labute approximate surface area is 144 Å². The minimum atomic E-state index is -1.15. The monoisotopic (exact) mass is 343 g/mol. The number of benzene rings is 1. The van der Waals surface area contributed by atoms with E-state index in [0.717, 1.165) is 5.56 Å². The van der Waals surface area contributed by atoms with Crippen LogP contribution in [-0.4, -0.2) is 43.8 Å². The highest BCUT2D eigenvalue weighted by molar-refractivity contribution is 6.47. The van der Waals surface area contributed by atoms with E-state index in [1.807, 2.05) is 6.07 Å². The average molecular weight is 343 g/mol. The third-order valence-electron chi connectivity index (χ3n) is 4.18. The molecule has 1 aliphatic heterocycles. The lowest BCUT2D eigenvalue weighted by atomic mass is 9.64. The van der Waals surface area contributed by atoms with Crippen LogP contribution in [0.5, 0.6) is 5.75 Å². The quantitative estimate of drug-likeness (QED) is 0.577. The number of para-hydroxylation sites is 1. The van der Waals surface area contributed by atoms with Gasteiger partial charge in [-0.15, -0.1) is 5.10 Å². The molecule has 0 spiro atoms. The van der Waals surface area contributed by atoms with Gasteiger partial charge in [-0.05, 0) is 25.0 Å². The van der Waals surface area contributed by atoms with Crippen molar-refractivity contribution in [1.29, 1.82) is 0 Å². The van der Waals surface area contributed by atoms with Crippen LogP contribution in [-0.2, 0) is 24.4 Å². The standard InChI is InChI=1S/C16H18BN3O5/c1-10(22)15-4-2-3-11-5-12(17(24)25-16(11)15)6-14(23)8-20-7-13(9-21)18-19-20/h2-4,7,12,21,24H,5-6,8-9H2,1H3/t12-/m1/s1. The largest absolute Gasteiger partial charge is 0.535 e. The second kappa shape index (κ2) is 7.16. The lowest BCUT2D eigenvalue weighted by Crippen LogP contribution is -2.36. The van der Waals surface area contributed by atoms with E-state index < -0.39 is 12.9 Å². The number of carbonyl (C=O) groups excluding carboxylic acids is 2. The summed E-state index contributed by atoms with van der Waals surface area (Å²) in [5.41, 5.74) is 1.62. The maximum atomic E-state index is 12.2. The molecule has 25 heavy (non-hydrogen) atoms. The molecule has 2 aromatic rings. The summed E-state index contributed by atoms with van der Waals surface area (Å²) >= 11 is 0. The first-order chi connectivity index (χ1) is 12.0. The van der Waals surface area contributed by atoms with Crippen molar-refractivity contribution in [2.24, 2.45) is 0 Å². The Morgan fingerprint density at radius 3 is 2.92 bits per heavy atom. The molecule has 0 aliphatic carbocycles. The van der Waals surface area contributed by atoms with Gasteiger partial charge in [-0.25, -0.2) is 4.68 Å². The van der Waals surface area contributed by atoms with Gasteiger partial charge < -0.3 is 14.8 Å². The number of nitrogens with zero attached hydrogens (tertiary/aromatic N) is 3. The van der Waals surface area contributed by atoms with Gasteiger partial charge in [0, 0.05) is 12.2 Å². The van der Waals surface area contributed by atoms with Crippen molar-refractivity contribution in [3.05, 3.63) is 41.2 Å². The Kier molecular flexibility index (Phi) is 4.96. The second-order valence-electron chi connectivity index (χ2n) is 6.13. The molecule has 9 heteroatoms. The van der Waals surface area contributed by atoms with Crippen LogP contribution < -0.4 is 4.65 Å². The summed E-state index contributed by atoms with van der Waals surface area (Å²) in [7, 11) is -1.15. The number of hydrogen-bond acceptors (Lipinski definition) is 7. The molecule has 130 valence electrons. The molecule has 1 aromatic carbocycles. The van der Waals surface area contributed by atoms with Gasteiger partial charge in [0.15, 0.2) is 11.6 Å². The number of aliphatic hydroxyl groups excluding tert-OH is 1. The molecule has 0 saturated heterocycles. The van der Waals surface area contributed by atoms with Crippen LogP contribution in [0.15, 0.2) is 24.4 Å². The predicted octanol–water partition coefficient (Wildman–Crippen LogP) is 0.418. The fraction of sp³-hybridized carbons (Fsp3) is 0.375. The van der Waals surface area contributed by atoms with E-state index in [2.05, 4.69) is 10.3 Å². The zero-order valence-electron chi connectivity index (χ0n) is 13.8. The Balaban J connectivity index is 1.68. The van der Waals surface area contributed by atoms with Crippen LogP contribution in [0.2, 0.25) is 5.82 Å². The molecule has 8 nitrogen and oxygen atoms in total. The predicted molar refractivity (Wildman–Crippen MR) is 88.1 cm³/mol. The molecule has 2 N–H and O–H groups in total. The van der Waals surface area contributed by atoms with E-state index in [1.165, 1.54) is 17.8 Å². The zero-order valence-corrected chi connectivity index (χ0v) is 13.8. The number of hydrogen-bond donors (Lipinski definition) is 2. The second-order valence-corrected chi connectivity index (χ2v) is 6.13. The van der Waals surface area contributed by atoms with Gasteiger partial charge in [0.05, 0.1) is 18.4 Å². The smallest absolute Gasteiger partial charge is 0.526 e. The van der Waals surface area contributed by atoms with Crippen molar-refractivity contribution in [1.82, 2.24) is 15.0 Å². The Morgan fingerprint density at radius 2 is 2.24 bits per heavy atom. The molecule has 0 bridgehead atoms. The van der Waals surface area contributed by atoms with Crippen molar-refractivity contribution in [3.8, 4) is 5.75 Å². The fourth-order valence-corrected chi connectivity index (χ4v) is 2.96. The highest BCUT2D eigenvalue weighted by Gasteiger charge is 2.37. The van der Waals surface area contributed by atoms with E-state index in [4.69, 9.17) is 9.76 Å². The molecule has 2 heterocycles. The summed E-state index contributed by atoms with van der Waals surface area (Å²) in [6.07, 6.45) is 2.06. The molecule has 0 amide bonds. The van der Waals surface area contributed by atoms with E-state index in [0.29, 0.717) is 23.4 Å². The van der Waals surface area contributed by atoms with Crippen molar-refractivity contribution in [2.45, 2.75) is 38.7 Å². The SMILES string of the molecule is CC(=O)c1cccc2c1OB(O)[C@@H](CC(=O)Cn1cc(CO)nn1)C2. The summed E-state index contributed by atoms with van der Waals surface area (Å²) in [6.45, 7) is 1.22. The molecule has 0 radical (unpaired) electrons. The first-order valence-corrected chi connectivity index (χ1v) is 7.97. The zero-order chi connectivity index (χ0) is 18.0. The maximum absolute atomic E-state index is 12.2. The van der Waals surface area contributed by atoms with Gasteiger partial charge in [-0.3, -0.25) is 9.59 Å². The Hall–Kier alpha value is -2.52. The number of fused-ring (bicyclic) bond motifs is 1. The van der Waals surface area contributed by atoms with E-state index in [9.17, 15) is 14.6 Å². The third kappa shape index (κ3) is 3.77. The first-order valence-electron chi connectivity index (χ1n) is 7.97. The van der Waals surface area contributed by atoms with Crippen LogP contribution in [0.1, 0.15) is 35.0 Å². The fourth-order valence-electron chi connectivity index (χ4n) is 2.96. The number of aromatic nitrogens is 3. The van der Waals surface area contributed by atoms with Gasteiger partial charge in [0.25, 0.3) is 0 Å². The Morgan fingerprint density at radius 1 is 1.44 bits per heavy atom. The van der Waals surface area contributed by atoms with Crippen molar-refractivity contribution in [2.75, 3.05) is 0 Å². The maximum Gasteiger partial charge on any atom is 0.526 e. The number of Topliss-reactive ketones (excluding diaryl/α,β-unsaturated/α-hetero) is 2. The van der Waals surface area contributed by atoms with Crippen LogP contribution in [0.4, 0.5) is 0 Å². The normalized spacial score (nSPS) is 16.3. The summed E-state index contributed by atoms with van der Waals surface area (Å²) in [6, 6.07) is 5.25. The van der Waals surface area contributed by atoms with Gasteiger partial charge in [0.1, 0.15) is 18.0 Å². The number of rotatable bonds is 6. The van der Waals surface area contributed by atoms with Gasteiger partial charge >= 0.3 is 7.12 Å². The highest BCUT2D eigenvalue weighted by atomic mass is 16.5. The van der Waals surface area contributed by atoms with Crippen LogP contribution in [0, 0.1) is 0 Å². The molecule has 1 aromatic heterocycles. The summed E-state index contributed by atoms with van der Waals surface area (Å²) in [4.78, 5) is 23.9. The number of aliphatic hydroxyl groups is 1. The lowest BCUT2D eigenvalue weighted by molar-refractivity contribution is -0.120. The highest BCUT2D eigenvalue weighted by Crippen LogP contribution is 2.36. The van der Waals surface area contributed by atoms with E-state index in [-0.39, 0.29) is 31.1 Å². The first kappa shape index (κ1) is 17.3. The number of ketones is 2. The molecule has 0 unspecified atom stereocenters. The van der Waals surface area contributed by atoms with Crippen molar-refractivity contribution >= 4 is 18.7 Å². The molecular weight excluding hydrogens is 325 g/mol. The molecule has 0 saturated carbocycles. The summed E-state index contributed by atoms with van der Waals surface area (Å²) < 4.78 is 6.88. The summed E-state index contributed by atoms with van der Waals surface area (Å²) in [5, 5.41) is 26.7. The number of carbonyl (C=O) groups is 2. The van der Waals surface area contributed by atoms with Crippen LogP contribution in [0.25, 0.3) is 0 Å². The van der Waals surface area contributed by atoms with Gasteiger partial charge in [-0.1, -0.05) is 17.3 Å². The molecule has 1 aliphatic rings. The average Bonchev–Trinajstić information content (AvgIpc) is 3.02. The van der Waals surface area contributed by atoms with Gasteiger partial charge in [-0.2, -0.15) is 0 Å². The van der Waals surface area contributed by atoms with Crippen molar-refractivity contribution < 1.29 is 24.4 Å². The topological polar surface area (TPSA) is 115 Å². The van der Waals surface area contributed by atoms with Gasteiger partial charge in [0.2, 0.25) is 0 Å². The summed E-state index contributed by atoms with van der Waals surface area (Å²) in [5.74, 6) is -0.268. The van der Waals surface area contributed by atoms with E-state index >= 15 is 0 Å². The molecular formula is C16H18BN3O5. The Bertz CT molecular complexity index is 807. The lowest BCUT2D eigenvalue weighted by Gasteiger charge is -2.28. The van der Waals surface area contributed by atoms with Crippen LogP contribution in [0.3, 0.4) is 0 Å². The van der Waals surface area contributed by atoms with Crippen LogP contribution >= 0.6 is 0 Å². The molecule has 1 atom stereocenters. The third-order valence-corrected chi connectivity index (χ3v) is 4.18. The van der Waals surface area contributed by atoms with E-state index in [1.54, 1.807) is 12.1 Å². The molecule has 3 rings (SSSR count). The van der Waals surface area contributed by atoms with Crippen molar-refractivity contribution in [3.63, 3.8) is 0 Å². The molecule has 0 fully saturated rings.